The molecule has 0 bridgehead atoms. The van der Waals surface area contributed by atoms with Crippen LogP contribution in [0.15, 0.2) is 18.2 Å². The molecule has 0 saturated heterocycles. The van der Waals surface area contributed by atoms with Crippen molar-refractivity contribution in [1.82, 2.24) is 5.32 Å². The molecule has 0 aromatic heterocycles. The standard InChI is InChI=1S/C13H18ClNO3/c1-3-6-13(2,12(17)18)15-8-9-7-10(14)4-5-11(9)16/h4-5,7,15-16H,3,6,8H2,1-2H3,(H,17,18). The Morgan fingerprint density at radius 3 is 2.72 bits per heavy atom. The third-order valence-corrected chi connectivity index (χ3v) is 3.17. The summed E-state index contributed by atoms with van der Waals surface area (Å²) in [6, 6.07) is 4.71. The zero-order chi connectivity index (χ0) is 13.8. The van der Waals surface area contributed by atoms with Crippen LogP contribution in [-0.4, -0.2) is 21.7 Å². The van der Waals surface area contributed by atoms with Gasteiger partial charge in [0.1, 0.15) is 11.3 Å². The van der Waals surface area contributed by atoms with E-state index < -0.39 is 11.5 Å². The average molecular weight is 272 g/mol. The second-order valence-corrected chi connectivity index (χ2v) is 4.95. The highest BCUT2D eigenvalue weighted by molar-refractivity contribution is 6.30. The SMILES string of the molecule is CCCC(C)(NCc1cc(Cl)ccc1O)C(=O)O. The van der Waals surface area contributed by atoms with Gasteiger partial charge < -0.3 is 10.2 Å². The third kappa shape index (κ3) is 3.62. The first kappa shape index (κ1) is 14.8. The molecular formula is C13H18ClNO3. The molecule has 0 heterocycles. The van der Waals surface area contributed by atoms with Gasteiger partial charge in [0, 0.05) is 17.1 Å². The summed E-state index contributed by atoms with van der Waals surface area (Å²) in [7, 11) is 0. The number of hydrogen-bond donors (Lipinski definition) is 3. The maximum absolute atomic E-state index is 11.2. The minimum Gasteiger partial charge on any atom is -0.508 e. The van der Waals surface area contributed by atoms with Gasteiger partial charge in [-0.15, -0.1) is 0 Å². The van der Waals surface area contributed by atoms with E-state index >= 15 is 0 Å². The predicted octanol–water partition coefficient (Wildman–Crippen LogP) is 2.78. The van der Waals surface area contributed by atoms with Crippen LogP contribution in [0.3, 0.4) is 0 Å². The van der Waals surface area contributed by atoms with Crippen LogP contribution in [0.4, 0.5) is 0 Å². The summed E-state index contributed by atoms with van der Waals surface area (Å²) in [4.78, 5) is 11.2. The summed E-state index contributed by atoms with van der Waals surface area (Å²) in [6.45, 7) is 3.83. The molecule has 1 rings (SSSR count). The van der Waals surface area contributed by atoms with Crippen LogP contribution in [0.25, 0.3) is 0 Å². The first-order valence-electron chi connectivity index (χ1n) is 5.85. The first-order valence-corrected chi connectivity index (χ1v) is 6.22. The molecule has 0 aliphatic rings. The number of aromatic hydroxyl groups is 1. The normalized spacial score (nSPS) is 14.2. The van der Waals surface area contributed by atoms with Gasteiger partial charge in [0.15, 0.2) is 0 Å². The van der Waals surface area contributed by atoms with Gasteiger partial charge in [-0.3, -0.25) is 10.1 Å². The summed E-state index contributed by atoms with van der Waals surface area (Å²) < 4.78 is 0. The number of rotatable bonds is 6. The van der Waals surface area contributed by atoms with E-state index in [1.54, 1.807) is 19.1 Å². The van der Waals surface area contributed by atoms with Crippen molar-refractivity contribution in [3.8, 4) is 5.75 Å². The van der Waals surface area contributed by atoms with Crippen LogP contribution in [0.5, 0.6) is 5.75 Å². The Labute approximate surface area is 112 Å². The number of hydrogen-bond acceptors (Lipinski definition) is 3. The lowest BCUT2D eigenvalue weighted by Crippen LogP contribution is -2.48. The Morgan fingerprint density at radius 2 is 2.17 bits per heavy atom. The smallest absolute Gasteiger partial charge is 0.323 e. The maximum Gasteiger partial charge on any atom is 0.323 e. The van der Waals surface area contributed by atoms with Crippen LogP contribution in [0.1, 0.15) is 32.3 Å². The number of nitrogens with one attached hydrogen (secondary N) is 1. The number of benzene rings is 1. The van der Waals surface area contributed by atoms with Gasteiger partial charge in [0.05, 0.1) is 0 Å². The quantitative estimate of drug-likeness (QED) is 0.744. The molecule has 100 valence electrons. The summed E-state index contributed by atoms with van der Waals surface area (Å²) in [5.74, 6) is -0.790. The van der Waals surface area contributed by atoms with Crippen LogP contribution in [-0.2, 0) is 11.3 Å². The molecule has 0 aliphatic carbocycles. The zero-order valence-corrected chi connectivity index (χ0v) is 11.3. The van der Waals surface area contributed by atoms with Gasteiger partial charge in [0.2, 0.25) is 0 Å². The molecule has 18 heavy (non-hydrogen) atoms. The summed E-state index contributed by atoms with van der Waals surface area (Å²) >= 11 is 5.84. The van der Waals surface area contributed by atoms with E-state index in [1.165, 1.54) is 6.07 Å². The van der Waals surface area contributed by atoms with E-state index in [0.717, 1.165) is 6.42 Å². The molecule has 4 nitrogen and oxygen atoms in total. The van der Waals surface area contributed by atoms with Crippen molar-refractivity contribution in [2.24, 2.45) is 0 Å². The molecule has 0 saturated carbocycles. The van der Waals surface area contributed by atoms with Crippen molar-refractivity contribution in [3.63, 3.8) is 0 Å². The van der Waals surface area contributed by atoms with Gasteiger partial charge in [0.25, 0.3) is 0 Å². The summed E-state index contributed by atoms with van der Waals surface area (Å²) in [5, 5.41) is 22.3. The number of phenols is 1. The first-order chi connectivity index (χ1) is 8.39. The molecular weight excluding hydrogens is 254 g/mol. The van der Waals surface area contributed by atoms with Crippen LogP contribution in [0.2, 0.25) is 5.02 Å². The summed E-state index contributed by atoms with van der Waals surface area (Å²) in [5.41, 5.74) is -0.408. The number of carboxylic acid groups (broad SMARTS) is 1. The van der Waals surface area contributed by atoms with Crippen molar-refractivity contribution in [2.45, 2.75) is 38.8 Å². The molecule has 1 atom stereocenters. The van der Waals surface area contributed by atoms with Crippen LogP contribution in [0, 0.1) is 0 Å². The highest BCUT2D eigenvalue weighted by Gasteiger charge is 2.31. The lowest BCUT2D eigenvalue weighted by molar-refractivity contribution is -0.144. The Morgan fingerprint density at radius 1 is 1.50 bits per heavy atom. The van der Waals surface area contributed by atoms with Gasteiger partial charge in [-0.25, -0.2) is 0 Å². The number of aliphatic carboxylic acids is 1. The lowest BCUT2D eigenvalue weighted by Gasteiger charge is -2.26. The van der Waals surface area contributed by atoms with E-state index in [2.05, 4.69) is 5.32 Å². The Hall–Kier alpha value is -1.26. The third-order valence-electron chi connectivity index (χ3n) is 2.93. The second-order valence-electron chi connectivity index (χ2n) is 4.51. The fraction of sp³-hybridized carbons (Fsp3) is 0.462. The molecule has 0 spiro atoms. The Bertz CT molecular complexity index is 436. The molecule has 0 radical (unpaired) electrons. The topological polar surface area (TPSA) is 69.6 Å². The number of carboxylic acids is 1. The Kier molecular flexibility index (Phi) is 4.99. The van der Waals surface area contributed by atoms with Crippen molar-refractivity contribution >= 4 is 17.6 Å². The average Bonchev–Trinajstić information content (AvgIpc) is 2.30. The molecule has 1 unspecified atom stereocenters. The van der Waals surface area contributed by atoms with Gasteiger partial charge >= 0.3 is 5.97 Å². The van der Waals surface area contributed by atoms with Crippen LogP contribution >= 0.6 is 11.6 Å². The van der Waals surface area contributed by atoms with Gasteiger partial charge in [-0.1, -0.05) is 24.9 Å². The Balaban J connectivity index is 2.79. The fourth-order valence-corrected chi connectivity index (χ4v) is 1.95. The molecule has 1 aromatic rings. The minimum absolute atomic E-state index is 0.108. The zero-order valence-electron chi connectivity index (χ0n) is 10.5. The molecule has 5 heteroatoms. The molecule has 0 amide bonds. The van der Waals surface area contributed by atoms with E-state index in [1.807, 2.05) is 6.92 Å². The largest absolute Gasteiger partial charge is 0.508 e. The predicted molar refractivity (Wildman–Crippen MR) is 70.9 cm³/mol. The monoisotopic (exact) mass is 271 g/mol. The van der Waals surface area contributed by atoms with E-state index in [9.17, 15) is 15.0 Å². The van der Waals surface area contributed by atoms with Crippen molar-refractivity contribution in [1.29, 1.82) is 0 Å². The van der Waals surface area contributed by atoms with Crippen molar-refractivity contribution in [2.75, 3.05) is 0 Å². The molecule has 1 aromatic carbocycles. The fourth-order valence-electron chi connectivity index (χ4n) is 1.76. The van der Waals surface area contributed by atoms with E-state index in [-0.39, 0.29) is 12.3 Å². The highest BCUT2D eigenvalue weighted by Crippen LogP contribution is 2.22. The van der Waals surface area contributed by atoms with E-state index in [4.69, 9.17) is 11.6 Å². The molecule has 0 fully saturated rings. The molecule has 0 aliphatic heterocycles. The summed E-state index contributed by atoms with van der Waals surface area (Å²) in [6.07, 6.45) is 1.28. The molecule has 3 N–H and O–H groups in total. The lowest BCUT2D eigenvalue weighted by atomic mass is 9.96. The number of carbonyl (C=O) groups is 1. The van der Waals surface area contributed by atoms with Crippen molar-refractivity contribution < 1.29 is 15.0 Å². The highest BCUT2D eigenvalue weighted by atomic mass is 35.5. The number of phenolic OH excluding ortho intramolecular Hbond substituents is 1. The second kappa shape index (κ2) is 6.07. The van der Waals surface area contributed by atoms with Gasteiger partial charge in [-0.05, 0) is 31.5 Å². The van der Waals surface area contributed by atoms with Crippen molar-refractivity contribution in [3.05, 3.63) is 28.8 Å². The van der Waals surface area contributed by atoms with Crippen LogP contribution < -0.4 is 5.32 Å². The van der Waals surface area contributed by atoms with E-state index in [0.29, 0.717) is 17.0 Å². The van der Waals surface area contributed by atoms with Gasteiger partial charge in [-0.2, -0.15) is 0 Å². The number of halogens is 1. The maximum atomic E-state index is 11.2. The minimum atomic E-state index is -0.997.